The second-order valence-electron chi connectivity index (χ2n) is 6.75. The molecule has 0 saturated heterocycles. The lowest BCUT2D eigenvalue weighted by atomic mass is 10.1. The van der Waals surface area contributed by atoms with Crippen LogP contribution < -0.4 is 0 Å². The van der Waals surface area contributed by atoms with E-state index in [2.05, 4.69) is 24.1 Å². The van der Waals surface area contributed by atoms with Crippen molar-refractivity contribution in [1.82, 2.24) is 4.90 Å². The number of unbranched alkanes of at least 4 members (excludes halogenated alkanes) is 9. The molecule has 1 atom stereocenters. The molecule has 1 aliphatic rings. The number of aliphatic hydroxyl groups excluding tert-OH is 1. The monoisotopic (exact) mass is 322 g/mol. The molecule has 1 heterocycles. The predicted molar refractivity (Wildman–Crippen MR) is 101 cm³/mol. The summed E-state index contributed by atoms with van der Waals surface area (Å²) >= 11 is 0. The van der Waals surface area contributed by atoms with Crippen molar-refractivity contribution in [2.45, 2.75) is 97.1 Å². The maximum absolute atomic E-state index is 9.66. The third-order valence-electron chi connectivity index (χ3n) is 4.58. The first-order chi connectivity index (χ1) is 11.3. The number of hydrogen-bond acceptors (Lipinski definition) is 3. The average molecular weight is 323 g/mol. The molecule has 1 unspecified atom stereocenters. The summed E-state index contributed by atoms with van der Waals surface area (Å²) in [6.45, 7) is 5.83. The Morgan fingerprint density at radius 3 is 2.26 bits per heavy atom. The van der Waals surface area contributed by atoms with E-state index in [1.54, 1.807) is 0 Å². The summed E-state index contributed by atoms with van der Waals surface area (Å²) < 4.78 is 0. The molecule has 0 aliphatic carbocycles. The van der Waals surface area contributed by atoms with Crippen molar-refractivity contribution in [2.24, 2.45) is 4.99 Å². The van der Waals surface area contributed by atoms with Crippen molar-refractivity contribution >= 4 is 5.84 Å². The van der Waals surface area contributed by atoms with Gasteiger partial charge in [0, 0.05) is 13.0 Å². The minimum Gasteiger partial charge on any atom is -0.374 e. The van der Waals surface area contributed by atoms with Gasteiger partial charge in [-0.25, -0.2) is 0 Å². The zero-order chi connectivity index (χ0) is 16.8. The number of aliphatic hydroxyl groups is 1. The Morgan fingerprint density at radius 1 is 1.00 bits per heavy atom. The van der Waals surface area contributed by atoms with Crippen LogP contribution in [0.4, 0.5) is 0 Å². The van der Waals surface area contributed by atoms with Crippen LogP contribution >= 0.6 is 0 Å². The fourth-order valence-electron chi connectivity index (χ4n) is 3.13. The number of aliphatic imine (C=N–C) groups is 1. The van der Waals surface area contributed by atoms with E-state index in [0.717, 1.165) is 25.3 Å². The van der Waals surface area contributed by atoms with Crippen LogP contribution in [0.3, 0.4) is 0 Å². The Hall–Kier alpha value is -0.830. The maximum Gasteiger partial charge on any atom is 0.125 e. The van der Waals surface area contributed by atoms with Gasteiger partial charge in [-0.15, -0.1) is 0 Å². The molecular formula is C20H38N2O. The number of amidine groups is 1. The molecule has 0 aromatic rings. The molecule has 1 N–H and O–H groups in total. The molecule has 1 rings (SSSR count). The smallest absolute Gasteiger partial charge is 0.125 e. The lowest BCUT2D eigenvalue weighted by Crippen LogP contribution is -2.35. The van der Waals surface area contributed by atoms with Crippen molar-refractivity contribution in [2.75, 3.05) is 13.1 Å². The molecule has 0 bridgehead atoms. The molecule has 134 valence electrons. The van der Waals surface area contributed by atoms with E-state index in [0.29, 0.717) is 0 Å². The molecule has 1 aliphatic heterocycles. The quantitative estimate of drug-likeness (QED) is 0.348. The zero-order valence-corrected chi connectivity index (χ0v) is 15.5. The van der Waals surface area contributed by atoms with Gasteiger partial charge in [0.15, 0.2) is 0 Å². The van der Waals surface area contributed by atoms with E-state index < -0.39 is 6.23 Å². The average Bonchev–Trinajstić information content (AvgIpc) is 3.00. The van der Waals surface area contributed by atoms with Crippen LogP contribution in [0.15, 0.2) is 17.1 Å². The van der Waals surface area contributed by atoms with Gasteiger partial charge in [0.2, 0.25) is 0 Å². The van der Waals surface area contributed by atoms with Crippen LogP contribution in [-0.2, 0) is 0 Å². The Morgan fingerprint density at radius 2 is 1.61 bits per heavy atom. The van der Waals surface area contributed by atoms with E-state index >= 15 is 0 Å². The maximum atomic E-state index is 9.66. The Kier molecular flexibility index (Phi) is 11.9. The summed E-state index contributed by atoms with van der Waals surface area (Å²) in [5.41, 5.74) is 0. The van der Waals surface area contributed by atoms with Gasteiger partial charge in [0.1, 0.15) is 12.1 Å². The molecular weight excluding hydrogens is 284 g/mol. The molecule has 0 aromatic heterocycles. The summed E-state index contributed by atoms with van der Waals surface area (Å²) in [5, 5.41) is 9.66. The largest absolute Gasteiger partial charge is 0.374 e. The predicted octanol–water partition coefficient (Wildman–Crippen LogP) is 5.30. The molecule has 0 fully saturated rings. The summed E-state index contributed by atoms with van der Waals surface area (Å²) in [4.78, 5) is 6.52. The van der Waals surface area contributed by atoms with E-state index in [4.69, 9.17) is 0 Å². The lowest BCUT2D eigenvalue weighted by Gasteiger charge is -2.23. The van der Waals surface area contributed by atoms with Gasteiger partial charge in [-0.3, -0.25) is 4.99 Å². The molecule has 23 heavy (non-hydrogen) atoms. The molecule has 0 saturated carbocycles. The minimum atomic E-state index is -0.391. The fourth-order valence-corrected chi connectivity index (χ4v) is 3.13. The number of nitrogens with zero attached hydrogens (tertiary/aromatic N) is 2. The highest BCUT2D eigenvalue weighted by Crippen LogP contribution is 2.13. The summed E-state index contributed by atoms with van der Waals surface area (Å²) in [5.74, 6) is 1.10. The number of rotatable bonds is 14. The summed E-state index contributed by atoms with van der Waals surface area (Å²) in [7, 11) is 0. The number of hydrogen-bond donors (Lipinski definition) is 1. The summed E-state index contributed by atoms with van der Waals surface area (Å²) in [6, 6.07) is 0. The Labute approximate surface area is 143 Å². The Balaban J connectivity index is 1.89. The van der Waals surface area contributed by atoms with Crippen LogP contribution in [0.5, 0.6) is 0 Å². The molecule has 0 aromatic carbocycles. The van der Waals surface area contributed by atoms with Crippen molar-refractivity contribution in [3.63, 3.8) is 0 Å². The highest BCUT2D eigenvalue weighted by atomic mass is 16.3. The summed E-state index contributed by atoms with van der Waals surface area (Å²) in [6.07, 6.45) is 19.9. The van der Waals surface area contributed by atoms with Crippen molar-refractivity contribution < 1.29 is 5.11 Å². The molecule has 3 heteroatoms. The minimum absolute atomic E-state index is 0.391. The van der Waals surface area contributed by atoms with E-state index in [9.17, 15) is 5.11 Å². The second kappa shape index (κ2) is 13.6. The van der Waals surface area contributed by atoms with Crippen molar-refractivity contribution in [1.29, 1.82) is 0 Å². The van der Waals surface area contributed by atoms with Gasteiger partial charge < -0.3 is 10.0 Å². The van der Waals surface area contributed by atoms with Crippen LogP contribution in [0.1, 0.15) is 90.9 Å². The first-order valence-corrected chi connectivity index (χ1v) is 9.88. The second-order valence-corrected chi connectivity index (χ2v) is 6.75. The lowest BCUT2D eigenvalue weighted by molar-refractivity contribution is 0.0766. The van der Waals surface area contributed by atoms with E-state index in [-0.39, 0.29) is 0 Å². The van der Waals surface area contributed by atoms with Crippen LogP contribution in [-0.4, -0.2) is 35.2 Å². The normalized spacial score (nSPS) is 16.3. The van der Waals surface area contributed by atoms with E-state index in [1.165, 1.54) is 70.6 Å². The molecule has 0 spiro atoms. The van der Waals surface area contributed by atoms with Crippen LogP contribution in [0.2, 0.25) is 0 Å². The third-order valence-corrected chi connectivity index (χ3v) is 4.58. The van der Waals surface area contributed by atoms with Gasteiger partial charge in [-0.05, 0) is 39.0 Å². The molecule has 3 nitrogen and oxygen atoms in total. The fraction of sp³-hybridized carbons (Fsp3) is 0.850. The molecule has 0 radical (unpaired) electrons. The highest BCUT2D eigenvalue weighted by molar-refractivity contribution is 5.83. The molecule has 0 amide bonds. The van der Waals surface area contributed by atoms with Crippen molar-refractivity contribution in [3.8, 4) is 0 Å². The topological polar surface area (TPSA) is 35.8 Å². The van der Waals surface area contributed by atoms with Crippen LogP contribution in [0, 0.1) is 0 Å². The highest BCUT2D eigenvalue weighted by Gasteiger charge is 2.19. The van der Waals surface area contributed by atoms with Gasteiger partial charge in [-0.2, -0.15) is 0 Å². The van der Waals surface area contributed by atoms with Gasteiger partial charge >= 0.3 is 0 Å². The third kappa shape index (κ3) is 9.80. The standard InChI is InChI=1S/C20H38N2O/c1-3-4-5-6-7-8-9-10-11-12-13-14-15-16-20-21-17-18-22(20)19(2)23/h11-12,19,23H,3-10,13-18H2,1-2H3/b12-11+. The van der Waals surface area contributed by atoms with Gasteiger partial charge in [-0.1, -0.05) is 57.6 Å². The van der Waals surface area contributed by atoms with E-state index in [1.807, 2.05) is 11.8 Å². The zero-order valence-electron chi connectivity index (χ0n) is 15.5. The van der Waals surface area contributed by atoms with Gasteiger partial charge in [0.05, 0.1) is 6.54 Å². The Bertz CT molecular complexity index is 337. The first kappa shape index (κ1) is 20.2. The van der Waals surface area contributed by atoms with Gasteiger partial charge in [0.25, 0.3) is 0 Å². The van der Waals surface area contributed by atoms with Crippen molar-refractivity contribution in [3.05, 3.63) is 12.2 Å². The number of allylic oxidation sites excluding steroid dienone is 2. The SMILES string of the molecule is CCCCCCCCC/C=C/CCCCC1=NCCN1C(C)O. The van der Waals surface area contributed by atoms with Crippen LogP contribution in [0.25, 0.3) is 0 Å². The first-order valence-electron chi connectivity index (χ1n) is 9.88.